The van der Waals surface area contributed by atoms with Crippen molar-refractivity contribution in [1.29, 1.82) is 0 Å². The topological polar surface area (TPSA) is 67.1 Å². The van der Waals surface area contributed by atoms with Crippen molar-refractivity contribution in [3.63, 3.8) is 0 Å². The lowest BCUT2D eigenvalue weighted by Crippen LogP contribution is -2.38. The fourth-order valence-electron chi connectivity index (χ4n) is 2.01. The SMILES string of the molecule is CCNC(=NCc1nncn1CC)NCCSc1ccccc1.I. The van der Waals surface area contributed by atoms with E-state index in [4.69, 9.17) is 0 Å². The predicted octanol–water partition coefficient (Wildman–Crippen LogP) is 2.76. The maximum Gasteiger partial charge on any atom is 0.191 e. The van der Waals surface area contributed by atoms with E-state index >= 15 is 0 Å². The molecular formula is C16H25IN6S. The van der Waals surface area contributed by atoms with Crippen LogP contribution in [0.1, 0.15) is 19.7 Å². The summed E-state index contributed by atoms with van der Waals surface area (Å²) in [5.74, 6) is 2.68. The molecule has 2 N–H and O–H groups in total. The summed E-state index contributed by atoms with van der Waals surface area (Å²) in [6, 6.07) is 10.4. The first kappa shape index (κ1) is 20.8. The number of aliphatic imine (C=N–C) groups is 1. The number of thioether (sulfide) groups is 1. The maximum absolute atomic E-state index is 4.57. The number of hydrogen-bond donors (Lipinski definition) is 2. The van der Waals surface area contributed by atoms with Crippen LogP contribution in [0.4, 0.5) is 0 Å². The van der Waals surface area contributed by atoms with Crippen molar-refractivity contribution in [2.75, 3.05) is 18.8 Å². The van der Waals surface area contributed by atoms with Crippen LogP contribution < -0.4 is 10.6 Å². The Bertz CT molecular complexity index is 602. The lowest BCUT2D eigenvalue weighted by Gasteiger charge is -2.11. The number of aryl methyl sites for hydroxylation is 1. The summed E-state index contributed by atoms with van der Waals surface area (Å²) in [5, 5.41) is 14.6. The number of aromatic nitrogens is 3. The molecule has 1 heterocycles. The van der Waals surface area contributed by atoms with E-state index in [2.05, 4.69) is 63.9 Å². The third-order valence-electron chi connectivity index (χ3n) is 3.17. The summed E-state index contributed by atoms with van der Waals surface area (Å²) >= 11 is 1.83. The smallest absolute Gasteiger partial charge is 0.191 e. The minimum Gasteiger partial charge on any atom is -0.357 e. The van der Waals surface area contributed by atoms with Gasteiger partial charge < -0.3 is 15.2 Å². The van der Waals surface area contributed by atoms with Gasteiger partial charge in [-0.25, -0.2) is 4.99 Å². The van der Waals surface area contributed by atoms with E-state index < -0.39 is 0 Å². The van der Waals surface area contributed by atoms with Crippen LogP contribution in [0.15, 0.2) is 46.5 Å². The molecule has 6 nitrogen and oxygen atoms in total. The molecule has 1 aromatic carbocycles. The quantitative estimate of drug-likeness (QED) is 0.209. The Morgan fingerprint density at radius 3 is 2.71 bits per heavy atom. The largest absolute Gasteiger partial charge is 0.357 e. The van der Waals surface area contributed by atoms with Gasteiger partial charge in [-0.15, -0.1) is 45.9 Å². The van der Waals surface area contributed by atoms with Gasteiger partial charge >= 0.3 is 0 Å². The van der Waals surface area contributed by atoms with Gasteiger partial charge in [0, 0.05) is 30.3 Å². The number of nitrogens with one attached hydrogen (secondary N) is 2. The van der Waals surface area contributed by atoms with Gasteiger partial charge in [0.2, 0.25) is 0 Å². The van der Waals surface area contributed by atoms with Gasteiger partial charge in [-0.3, -0.25) is 0 Å². The van der Waals surface area contributed by atoms with Gasteiger partial charge in [-0.05, 0) is 26.0 Å². The highest BCUT2D eigenvalue weighted by Gasteiger charge is 2.03. The molecule has 0 saturated heterocycles. The Kier molecular flexibility index (Phi) is 10.5. The normalized spacial score (nSPS) is 11.0. The first-order valence-electron chi connectivity index (χ1n) is 7.90. The summed E-state index contributed by atoms with van der Waals surface area (Å²) in [6.45, 7) is 7.19. The Morgan fingerprint density at radius 2 is 2.00 bits per heavy atom. The molecule has 24 heavy (non-hydrogen) atoms. The molecule has 0 aliphatic rings. The van der Waals surface area contributed by atoms with E-state index in [1.54, 1.807) is 6.33 Å². The Labute approximate surface area is 164 Å². The highest BCUT2D eigenvalue weighted by molar-refractivity contribution is 14.0. The van der Waals surface area contributed by atoms with Gasteiger partial charge in [0.1, 0.15) is 12.9 Å². The summed E-state index contributed by atoms with van der Waals surface area (Å²) in [5.41, 5.74) is 0. The molecule has 0 radical (unpaired) electrons. The molecule has 0 spiro atoms. The highest BCUT2D eigenvalue weighted by Crippen LogP contribution is 2.15. The van der Waals surface area contributed by atoms with Gasteiger partial charge in [-0.1, -0.05) is 18.2 Å². The molecule has 0 unspecified atom stereocenters. The van der Waals surface area contributed by atoms with Crippen molar-refractivity contribution in [3.05, 3.63) is 42.5 Å². The van der Waals surface area contributed by atoms with Crippen LogP contribution in [0.3, 0.4) is 0 Å². The predicted molar refractivity (Wildman–Crippen MR) is 111 cm³/mol. The van der Waals surface area contributed by atoms with Crippen LogP contribution in [-0.2, 0) is 13.1 Å². The number of nitrogens with zero attached hydrogens (tertiary/aromatic N) is 4. The van der Waals surface area contributed by atoms with E-state index in [1.165, 1.54) is 4.90 Å². The molecule has 132 valence electrons. The van der Waals surface area contributed by atoms with E-state index in [1.807, 2.05) is 22.4 Å². The Morgan fingerprint density at radius 1 is 1.21 bits per heavy atom. The van der Waals surface area contributed by atoms with Gasteiger partial charge in [0.15, 0.2) is 11.8 Å². The van der Waals surface area contributed by atoms with Crippen molar-refractivity contribution in [2.24, 2.45) is 4.99 Å². The summed E-state index contributed by atoms with van der Waals surface area (Å²) in [6.07, 6.45) is 1.74. The molecule has 0 atom stereocenters. The minimum atomic E-state index is 0. The summed E-state index contributed by atoms with van der Waals surface area (Å²) < 4.78 is 2.00. The number of halogens is 1. The number of hydrogen-bond acceptors (Lipinski definition) is 4. The van der Waals surface area contributed by atoms with E-state index in [0.717, 1.165) is 37.2 Å². The molecule has 2 aromatic rings. The van der Waals surface area contributed by atoms with Crippen LogP contribution in [0.2, 0.25) is 0 Å². The summed E-state index contributed by atoms with van der Waals surface area (Å²) in [7, 11) is 0. The second-order valence-electron chi connectivity index (χ2n) is 4.82. The van der Waals surface area contributed by atoms with Crippen LogP contribution in [-0.4, -0.2) is 39.6 Å². The fourth-order valence-corrected chi connectivity index (χ4v) is 2.80. The third kappa shape index (κ3) is 7.08. The minimum absolute atomic E-state index is 0. The number of rotatable bonds is 8. The molecule has 0 bridgehead atoms. The molecule has 0 aliphatic heterocycles. The number of guanidine groups is 1. The molecular weight excluding hydrogens is 435 g/mol. The van der Waals surface area contributed by atoms with Crippen molar-refractivity contribution in [2.45, 2.75) is 31.8 Å². The second-order valence-corrected chi connectivity index (χ2v) is 5.98. The second kappa shape index (κ2) is 12.1. The van der Waals surface area contributed by atoms with Gasteiger partial charge in [0.25, 0.3) is 0 Å². The van der Waals surface area contributed by atoms with E-state index in [9.17, 15) is 0 Å². The number of benzene rings is 1. The van der Waals surface area contributed by atoms with Crippen molar-refractivity contribution >= 4 is 41.7 Å². The molecule has 0 fully saturated rings. The highest BCUT2D eigenvalue weighted by atomic mass is 127. The standard InChI is InChI=1S/C16H24N6S.HI/c1-3-17-16(19-12-15-21-20-13-22(15)4-2)18-10-11-23-14-8-6-5-7-9-14;/h5-9,13H,3-4,10-12H2,1-2H3,(H2,17,18,19);1H. The van der Waals surface area contributed by atoms with Crippen LogP contribution in [0.5, 0.6) is 0 Å². The van der Waals surface area contributed by atoms with Crippen molar-refractivity contribution in [3.8, 4) is 0 Å². The maximum atomic E-state index is 4.57. The molecule has 1 aromatic heterocycles. The lowest BCUT2D eigenvalue weighted by molar-refractivity contribution is 0.695. The van der Waals surface area contributed by atoms with E-state index in [0.29, 0.717) is 6.54 Å². The zero-order valence-electron chi connectivity index (χ0n) is 14.1. The Hall–Kier alpha value is -1.29. The van der Waals surface area contributed by atoms with E-state index in [-0.39, 0.29) is 24.0 Å². The first-order valence-corrected chi connectivity index (χ1v) is 8.88. The zero-order valence-corrected chi connectivity index (χ0v) is 17.3. The monoisotopic (exact) mass is 460 g/mol. The molecule has 0 saturated carbocycles. The van der Waals surface area contributed by atoms with Crippen LogP contribution >= 0.6 is 35.7 Å². The molecule has 0 amide bonds. The average Bonchev–Trinajstić information content (AvgIpc) is 3.05. The van der Waals surface area contributed by atoms with Gasteiger partial charge in [-0.2, -0.15) is 0 Å². The van der Waals surface area contributed by atoms with Gasteiger partial charge in [0.05, 0.1) is 0 Å². The van der Waals surface area contributed by atoms with Crippen molar-refractivity contribution < 1.29 is 0 Å². The molecule has 0 aliphatic carbocycles. The molecule has 8 heteroatoms. The van der Waals surface area contributed by atoms with Crippen LogP contribution in [0, 0.1) is 0 Å². The zero-order chi connectivity index (χ0) is 16.3. The Balaban J connectivity index is 0.00000288. The van der Waals surface area contributed by atoms with Crippen molar-refractivity contribution in [1.82, 2.24) is 25.4 Å². The fraction of sp³-hybridized carbons (Fsp3) is 0.438. The summed E-state index contributed by atoms with van der Waals surface area (Å²) in [4.78, 5) is 5.86. The van der Waals surface area contributed by atoms with Crippen LogP contribution in [0.25, 0.3) is 0 Å². The molecule has 2 rings (SSSR count). The first-order chi connectivity index (χ1) is 11.3. The lowest BCUT2D eigenvalue weighted by atomic mass is 10.4. The average molecular weight is 460 g/mol. The third-order valence-corrected chi connectivity index (χ3v) is 4.18.